The third-order valence-corrected chi connectivity index (χ3v) is 4.46. The first-order valence-corrected chi connectivity index (χ1v) is 8.59. The van der Waals surface area contributed by atoms with Crippen molar-refractivity contribution in [1.82, 2.24) is 25.3 Å². The molecule has 4 heterocycles. The second-order valence-corrected chi connectivity index (χ2v) is 6.44. The van der Waals surface area contributed by atoms with Crippen LogP contribution < -0.4 is 10.6 Å². The number of pyridine rings is 1. The summed E-state index contributed by atoms with van der Waals surface area (Å²) in [5.74, 6) is 1.19. The van der Waals surface area contributed by atoms with Gasteiger partial charge in [-0.3, -0.25) is 4.79 Å². The summed E-state index contributed by atoms with van der Waals surface area (Å²) in [5, 5.41) is 7.54. The number of carbonyl (C=O) groups excluding carboxylic acids is 1. The second-order valence-electron chi connectivity index (χ2n) is 6.00. The van der Waals surface area contributed by atoms with E-state index in [1.54, 1.807) is 18.5 Å². The molecule has 25 heavy (non-hydrogen) atoms. The lowest BCUT2D eigenvalue weighted by molar-refractivity contribution is -0.121. The molecule has 7 nitrogen and oxygen atoms in total. The van der Waals surface area contributed by atoms with Gasteiger partial charge in [0, 0.05) is 36.1 Å². The summed E-state index contributed by atoms with van der Waals surface area (Å²) in [6.45, 7) is 0.731. The fourth-order valence-electron chi connectivity index (χ4n) is 2.99. The molecule has 1 saturated heterocycles. The van der Waals surface area contributed by atoms with Gasteiger partial charge in [0.15, 0.2) is 5.82 Å². The fourth-order valence-corrected chi connectivity index (χ4v) is 3.15. The van der Waals surface area contributed by atoms with Gasteiger partial charge >= 0.3 is 0 Å². The molecule has 0 saturated carbocycles. The highest BCUT2D eigenvalue weighted by molar-refractivity contribution is 6.31. The van der Waals surface area contributed by atoms with E-state index in [9.17, 15) is 4.79 Å². The first-order chi connectivity index (χ1) is 12.2. The number of aromatic nitrogens is 4. The maximum absolute atomic E-state index is 12.1. The van der Waals surface area contributed by atoms with Crippen molar-refractivity contribution in [2.45, 2.75) is 25.3 Å². The van der Waals surface area contributed by atoms with Crippen LogP contribution >= 0.6 is 11.6 Å². The zero-order valence-electron chi connectivity index (χ0n) is 13.4. The van der Waals surface area contributed by atoms with Crippen LogP contribution in [0.15, 0.2) is 30.7 Å². The number of anilines is 1. The second kappa shape index (κ2) is 6.68. The standard InChI is InChI=1S/C17H17ClN6O/c18-10-7-11-12(9-22-15(11)21-8-10)16-19-6-4-14(24-16)23-13-3-1-2-5-20-17(13)25/h4,6-9,13H,1-3,5H2,(H,20,25)(H,21,22)(H,19,23,24). The van der Waals surface area contributed by atoms with Crippen molar-refractivity contribution in [3.05, 3.63) is 35.7 Å². The Hall–Kier alpha value is -2.67. The molecule has 1 unspecified atom stereocenters. The third kappa shape index (κ3) is 3.28. The molecular formula is C17H17ClN6O. The van der Waals surface area contributed by atoms with Gasteiger partial charge in [-0.05, 0) is 31.4 Å². The summed E-state index contributed by atoms with van der Waals surface area (Å²) in [6, 6.07) is 3.32. The Morgan fingerprint density at radius 1 is 1.28 bits per heavy atom. The predicted octanol–water partition coefficient (Wildman–Crippen LogP) is 2.75. The Morgan fingerprint density at radius 2 is 2.20 bits per heavy atom. The lowest BCUT2D eigenvalue weighted by atomic mass is 10.1. The van der Waals surface area contributed by atoms with E-state index in [1.807, 2.05) is 12.3 Å². The molecule has 3 aromatic heterocycles. The highest BCUT2D eigenvalue weighted by Gasteiger charge is 2.21. The summed E-state index contributed by atoms with van der Waals surface area (Å²) < 4.78 is 0. The van der Waals surface area contributed by atoms with Crippen LogP contribution in [0, 0.1) is 0 Å². The van der Waals surface area contributed by atoms with Gasteiger partial charge in [-0.1, -0.05) is 11.6 Å². The topological polar surface area (TPSA) is 95.6 Å². The molecule has 1 amide bonds. The zero-order valence-corrected chi connectivity index (χ0v) is 14.2. The lowest BCUT2D eigenvalue weighted by Gasteiger charge is -2.15. The van der Waals surface area contributed by atoms with Gasteiger partial charge in [0.05, 0.1) is 5.02 Å². The van der Waals surface area contributed by atoms with Crippen molar-refractivity contribution < 1.29 is 4.79 Å². The van der Waals surface area contributed by atoms with Gasteiger partial charge in [0.2, 0.25) is 5.91 Å². The molecule has 1 aliphatic rings. The Balaban J connectivity index is 1.64. The van der Waals surface area contributed by atoms with Crippen LogP contribution in [-0.4, -0.2) is 38.4 Å². The van der Waals surface area contributed by atoms with Crippen LogP contribution in [0.4, 0.5) is 5.82 Å². The van der Waals surface area contributed by atoms with Crippen LogP contribution in [0.2, 0.25) is 5.02 Å². The molecule has 1 aliphatic heterocycles. The van der Waals surface area contributed by atoms with E-state index in [1.165, 1.54) is 0 Å². The molecule has 8 heteroatoms. The Kier molecular flexibility index (Phi) is 4.23. The van der Waals surface area contributed by atoms with E-state index in [4.69, 9.17) is 11.6 Å². The summed E-state index contributed by atoms with van der Waals surface area (Å²) in [7, 11) is 0. The number of rotatable bonds is 3. The highest BCUT2D eigenvalue weighted by atomic mass is 35.5. The SMILES string of the molecule is O=C1NCCCCC1Nc1ccnc(-c2c[nH]c3ncc(Cl)cc23)n1. The van der Waals surface area contributed by atoms with E-state index >= 15 is 0 Å². The van der Waals surface area contributed by atoms with Crippen LogP contribution in [0.3, 0.4) is 0 Å². The monoisotopic (exact) mass is 356 g/mol. The van der Waals surface area contributed by atoms with Gasteiger partial charge in [-0.2, -0.15) is 0 Å². The predicted molar refractivity (Wildman–Crippen MR) is 96.4 cm³/mol. The average Bonchev–Trinajstić information content (AvgIpc) is 2.93. The Bertz CT molecular complexity index is 924. The molecule has 3 aromatic rings. The number of fused-ring (bicyclic) bond motifs is 1. The van der Waals surface area contributed by atoms with Crippen molar-refractivity contribution in [2.75, 3.05) is 11.9 Å². The lowest BCUT2D eigenvalue weighted by Crippen LogP contribution is -2.38. The molecular weight excluding hydrogens is 340 g/mol. The van der Waals surface area contributed by atoms with Crippen LogP contribution in [0.25, 0.3) is 22.4 Å². The van der Waals surface area contributed by atoms with E-state index in [0.717, 1.165) is 42.4 Å². The first-order valence-electron chi connectivity index (χ1n) is 8.21. The number of hydrogen-bond acceptors (Lipinski definition) is 5. The summed E-state index contributed by atoms with van der Waals surface area (Å²) in [4.78, 5) is 28.4. The molecule has 128 valence electrons. The van der Waals surface area contributed by atoms with Crippen LogP contribution in [0.5, 0.6) is 0 Å². The normalized spacial score (nSPS) is 18.0. The fraction of sp³-hybridized carbons (Fsp3) is 0.294. The number of nitrogens with one attached hydrogen (secondary N) is 3. The third-order valence-electron chi connectivity index (χ3n) is 4.25. The van der Waals surface area contributed by atoms with Crippen molar-refractivity contribution in [3.8, 4) is 11.4 Å². The summed E-state index contributed by atoms with van der Waals surface area (Å²) >= 11 is 6.05. The largest absolute Gasteiger partial charge is 0.358 e. The molecule has 0 aromatic carbocycles. The van der Waals surface area contributed by atoms with Gasteiger partial charge in [0.25, 0.3) is 0 Å². The number of amides is 1. The molecule has 1 fully saturated rings. The minimum absolute atomic E-state index is 0.0146. The number of H-pyrrole nitrogens is 1. The molecule has 1 atom stereocenters. The van der Waals surface area contributed by atoms with Crippen molar-refractivity contribution in [2.24, 2.45) is 0 Å². The highest BCUT2D eigenvalue weighted by Crippen LogP contribution is 2.27. The molecule has 0 spiro atoms. The van der Waals surface area contributed by atoms with E-state index < -0.39 is 0 Å². The Morgan fingerprint density at radius 3 is 3.12 bits per heavy atom. The minimum atomic E-state index is -0.274. The quantitative estimate of drug-likeness (QED) is 0.670. The molecule has 4 rings (SSSR count). The van der Waals surface area contributed by atoms with Crippen molar-refractivity contribution >= 4 is 34.4 Å². The van der Waals surface area contributed by atoms with Gasteiger partial charge in [-0.15, -0.1) is 0 Å². The van der Waals surface area contributed by atoms with Crippen LogP contribution in [0.1, 0.15) is 19.3 Å². The number of carbonyl (C=O) groups is 1. The maximum atomic E-state index is 12.1. The molecule has 0 aliphatic carbocycles. The summed E-state index contributed by atoms with van der Waals surface area (Å²) in [6.07, 6.45) is 7.87. The van der Waals surface area contributed by atoms with E-state index in [2.05, 4.69) is 30.6 Å². The van der Waals surface area contributed by atoms with E-state index in [-0.39, 0.29) is 11.9 Å². The van der Waals surface area contributed by atoms with Gasteiger partial charge in [-0.25, -0.2) is 15.0 Å². The van der Waals surface area contributed by atoms with Crippen molar-refractivity contribution in [3.63, 3.8) is 0 Å². The average molecular weight is 357 g/mol. The minimum Gasteiger partial charge on any atom is -0.358 e. The number of hydrogen-bond donors (Lipinski definition) is 3. The van der Waals surface area contributed by atoms with Crippen LogP contribution in [-0.2, 0) is 4.79 Å². The smallest absolute Gasteiger partial charge is 0.242 e. The number of halogens is 1. The maximum Gasteiger partial charge on any atom is 0.242 e. The molecule has 0 radical (unpaired) electrons. The Labute approximate surface area is 149 Å². The number of nitrogens with zero attached hydrogens (tertiary/aromatic N) is 3. The van der Waals surface area contributed by atoms with Gasteiger partial charge in [0.1, 0.15) is 17.5 Å². The number of aromatic amines is 1. The van der Waals surface area contributed by atoms with E-state index in [0.29, 0.717) is 16.7 Å². The molecule has 3 N–H and O–H groups in total. The first kappa shape index (κ1) is 15.8. The van der Waals surface area contributed by atoms with Crippen molar-refractivity contribution in [1.29, 1.82) is 0 Å². The zero-order chi connectivity index (χ0) is 17.2. The molecule has 0 bridgehead atoms. The summed E-state index contributed by atoms with van der Waals surface area (Å²) in [5.41, 5.74) is 1.54. The van der Waals surface area contributed by atoms with Gasteiger partial charge < -0.3 is 15.6 Å².